The molecule has 0 aliphatic carbocycles. The fourth-order valence-electron chi connectivity index (χ4n) is 1.20. The summed E-state index contributed by atoms with van der Waals surface area (Å²) in [5, 5.41) is 19.7. The first-order chi connectivity index (χ1) is 5.09. The van der Waals surface area contributed by atoms with Gasteiger partial charge in [-0.3, -0.25) is 5.32 Å². The topological polar surface area (TPSA) is 86.6 Å². The van der Waals surface area contributed by atoms with Gasteiger partial charge < -0.3 is 10.2 Å². The maximum absolute atomic E-state index is 10.5. The lowest BCUT2D eigenvalue weighted by atomic mass is 9.98. The van der Waals surface area contributed by atoms with Crippen LogP contribution in [0.2, 0.25) is 0 Å². The van der Waals surface area contributed by atoms with Crippen molar-refractivity contribution in [3.8, 4) is 0 Å². The Morgan fingerprint density at radius 2 is 1.75 bits per heavy atom. The van der Waals surface area contributed by atoms with Crippen molar-refractivity contribution in [2.75, 3.05) is 6.54 Å². The molecule has 12 heavy (non-hydrogen) atoms. The standard InChI is InChI=1S/C6H9NO4.ClH/c8-4(9)6(5(10)11)2-1-3-7-6;/h7H,1-3H2,(H,8,9)(H,10,11);1H. The smallest absolute Gasteiger partial charge is 0.335 e. The molecule has 1 aliphatic rings. The Morgan fingerprint density at radius 3 is 1.92 bits per heavy atom. The summed E-state index contributed by atoms with van der Waals surface area (Å²) in [6, 6.07) is 0. The van der Waals surface area contributed by atoms with Gasteiger partial charge in [0.05, 0.1) is 0 Å². The molecule has 3 N–H and O–H groups in total. The largest absolute Gasteiger partial charge is 0.479 e. The lowest BCUT2D eigenvalue weighted by molar-refractivity contribution is -0.158. The first-order valence-corrected chi connectivity index (χ1v) is 3.31. The minimum absolute atomic E-state index is 0. The molecule has 6 heteroatoms. The van der Waals surface area contributed by atoms with Gasteiger partial charge >= 0.3 is 11.9 Å². The fraction of sp³-hybridized carbons (Fsp3) is 0.667. The monoisotopic (exact) mass is 195 g/mol. The number of carbonyl (C=O) groups is 2. The molecule has 0 bridgehead atoms. The maximum Gasteiger partial charge on any atom is 0.335 e. The summed E-state index contributed by atoms with van der Waals surface area (Å²) < 4.78 is 0. The van der Waals surface area contributed by atoms with Crippen LogP contribution in [-0.4, -0.2) is 34.2 Å². The predicted octanol–water partition coefficient (Wildman–Crippen LogP) is -0.300. The lowest BCUT2D eigenvalue weighted by Crippen LogP contribution is -2.54. The Bertz CT molecular complexity index is 184. The van der Waals surface area contributed by atoms with Crippen molar-refractivity contribution in [3.63, 3.8) is 0 Å². The van der Waals surface area contributed by atoms with Crippen LogP contribution in [0.3, 0.4) is 0 Å². The van der Waals surface area contributed by atoms with E-state index < -0.39 is 17.5 Å². The fourth-order valence-corrected chi connectivity index (χ4v) is 1.20. The third-order valence-corrected chi connectivity index (χ3v) is 1.89. The third-order valence-electron chi connectivity index (χ3n) is 1.89. The molecule has 0 saturated carbocycles. The average Bonchev–Trinajstić information content (AvgIpc) is 2.34. The van der Waals surface area contributed by atoms with Gasteiger partial charge in [0.1, 0.15) is 0 Å². The Kier molecular flexibility index (Phi) is 3.48. The van der Waals surface area contributed by atoms with Gasteiger partial charge in [-0.2, -0.15) is 0 Å². The normalized spacial score (nSPS) is 19.7. The number of aliphatic carboxylic acids is 2. The Balaban J connectivity index is 0.00000121. The highest BCUT2D eigenvalue weighted by molar-refractivity contribution is 6.03. The molecule has 1 fully saturated rings. The summed E-state index contributed by atoms with van der Waals surface area (Å²) in [7, 11) is 0. The van der Waals surface area contributed by atoms with Crippen molar-refractivity contribution in [1.82, 2.24) is 5.32 Å². The number of carboxylic acid groups (broad SMARTS) is 2. The molecule has 1 saturated heterocycles. The predicted molar refractivity (Wildman–Crippen MR) is 42.5 cm³/mol. The van der Waals surface area contributed by atoms with Crippen LogP contribution in [0.1, 0.15) is 12.8 Å². The van der Waals surface area contributed by atoms with Crippen LogP contribution >= 0.6 is 12.4 Å². The van der Waals surface area contributed by atoms with Gasteiger partial charge in [0.25, 0.3) is 0 Å². The quantitative estimate of drug-likeness (QED) is 0.527. The van der Waals surface area contributed by atoms with E-state index in [2.05, 4.69) is 5.32 Å². The molecule has 1 heterocycles. The second kappa shape index (κ2) is 3.73. The maximum atomic E-state index is 10.5. The molecule has 0 unspecified atom stereocenters. The van der Waals surface area contributed by atoms with Crippen LogP contribution in [0.4, 0.5) is 0 Å². The van der Waals surface area contributed by atoms with Gasteiger partial charge in [-0.25, -0.2) is 9.59 Å². The van der Waals surface area contributed by atoms with Gasteiger partial charge in [-0.15, -0.1) is 12.4 Å². The highest BCUT2D eigenvalue weighted by Gasteiger charge is 2.48. The highest BCUT2D eigenvalue weighted by atomic mass is 35.5. The van der Waals surface area contributed by atoms with Crippen LogP contribution < -0.4 is 5.32 Å². The van der Waals surface area contributed by atoms with E-state index in [9.17, 15) is 9.59 Å². The summed E-state index contributed by atoms with van der Waals surface area (Å²) in [4.78, 5) is 21.0. The van der Waals surface area contributed by atoms with Crippen molar-refractivity contribution in [3.05, 3.63) is 0 Å². The van der Waals surface area contributed by atoms with Crippen molar-refractivity contribution in [2.45, 2.75) is 18.4 Å². The number of nitrogens with one attached hydrogen (secondary N) is 1. The molecule has 0 amide bonds. The molecule has 0 atom stereocenters. The van der Waals surface area contributed by atoms with Gasteiger partial charge in [0.2, 0.25) is 5.54 Å². The lowest BCUT2D eigenvalue weighted by Gasteiger charge is -2.17. The van der Waals surface area contributed by atoms with Crippen LogP contribution in [0.5, 0.6) is 0 Å². The molecule has 1 rings (SSSR count). The van der Waals surface area contributed by atoms with Crippen molar-refractivity contribution in [2.24, 2.45) is 0 Å². The van der Waals surface area contributed by atoms with Gasteiger partial charge in [-0.1, -0.05) is 0 Å². The second-order valence-electron chi connectivity index (χ2n) is 2.55. The van der Waals surface area contributed by atoms with Crippen LogP contribution in [0.25, 0.3) is 0 Å². The average molecular weight is 196 g/mol. The van der Waals surface area contributed by atoms with E-state index in [1.165, 1.54) is 0 Å². The summed E-state index contributed by atoms with van der Waals surface area (Å²) in [5.74, 6) is -2.61. The molecular weight excluding hydrogens is 186 g/mol. The van der Waals surface area contributed by atoms with Gasteiger partial charge in [0, 0.05) is 0 Å². The minimum Gasteiger partial charge on any atom is -0.479 e. The molecule has 0 aromatic heterocycles. The molecule has 5 nitrogen and oxygen atoms in total. The van der Waals surface area contributed by atoms with Crippen LogP contribution in [0, 0.1) is 0 Å². The number of halogens is 1. The van der Waals surface area contributed by atoms with E-state index in [1.807, 2.05) is 0 Å². The molecule has 0 radical (unpaired) electrons. The minimum atomic E-state index is -1.72. The number of carboxylic acids is 2. The SMILES string of the molecule is Cl.O=C(O)C1(C(=O)O)CCCN1. The highest BCUT2D eigenvalue weighted by Crippen LogP contribution is 2.19. The van der Waals surface area contributed by atoms with E-state index in [0.717, 1.165) is 0 Å². The Hall–Kier alpha value is -0.810. The van der Waals surface area contributed by atoms with Gasteiger partial charge in [-0.05, 0) is 19.4 Å². The van der Waals surface area contributed by atoms with Crippen LogP contribution in [-0.2, 0) is 9.59 Å². The first kappa shape index (κ1) is 11.2. The number of rotatable bonds is 2. The molecular formula is C6H10ClNO4. The first-order valence-electron chi connectivity index (χ1n) is 3.31. The van der Waals surface area contributed by atoms with E-state index in [1.54, 1.807) is 0 Å². The number of hydrogen-bond acceptors (Lipinski definition) is 3. The van der Waals surface area contributed by atoms with Crippen molar-refractivity contribution >= 4 is 24.3 Å². The van der Waals surface area contributed by atoms with Gasteiger partial charge in [0.15, 0.2) is 0 Å². The zero-order valence-electron chi connectivity index (χ0n) is 6.24. The summed E-state index contributed by atoms with van der Waals surface area (Å²) in [6.07, 6.45) is 0.760. The Morgan fingerprint density at radius 1 is 1.25 bits per heavy atom. The van der Waals surface area contributed by atoms with Crippen LogP contribution in [0.15, 0.2) is 0 Å². The zero-order valence-corrected chi connectivity index (χ0v) is 7.06. The summed E-state index contributed by atoms with van der Waals surface area (Å²) >= 11 is 0. The second-order valence-corrected chi connectivity index (χ2v) is 2.55. The zero-order chi connectivity index (χ0) is 8.48. The molecule has 0 aromatic carbocycles. The Labute approximate surface area is 75.2 Å². The molecule has 0 aromatic rings. The van der Waals surface area contributed by atoms with Crippen molar-refractivity contribution < 1.29 is 19.8 Å². The summed E-state index contributed by atoms with van der Waals surface area (Å²) in [6.45, 7) is 0.457. The molecule has 1 aliphatic heterocycles. The number of hydrogen-bond donors (Lipinski definition) is 3. The van der Waals surface area contributed by atoms with E-state index >= 15 is 0 Å². The van der Waals surface area contributed by atoms with E-state index in [4.69, 9.17) is 10.2 Å². The van der Waals surface area contributed by atoms with Crippen molar-refractivity contribution in [1.29, 1.82) is 0 Å². The van der Waals surface area contributed by atoms with E-state index in [-0.39, 0.29) is 18.8 Å². The molecule has 70 valence electrons. The van der Waals surface area contributed by atoms with E-state index in [0.29, 0.717) is 13.0 Å². The summed E-state index contributed by atoms with van der Waals surface area (Å²) in [5.41, 5.74) is -1.72. The third kappa shape index (κ3) is 1.51. The molecule has 0 spiro atoms.